The number of hydrogen-bond donors (Lipinski definition) is 2. The Morgan fingerprint density at radius 1 is 0.759 bits per heavy atom. The van der Waals surface area contributed by atoms with Gasteiger partial charge in [-0.05, 0) is 36.1 Å². The van der Waals surface area contributed by atoms with Gasteiger partial charge in [0.15, 0.2) is 0 Å². The molecular weight excluding hydrogens is 364 g/mol. The summed E-state index contributed by atoms with van der Waals surface area (Å²) in [6, 6.07) is 27.7. The number of benzene rings is 3. The Balaban J connectivity index is 1.60. The predicted octanol–water partition coefficient (Wildman–Crippen LogP) is 4.55. The number of rotatable bonds is 8. The second-order valence-corrected chi connectivity index (χ2v) is 6.64. The SMILES string of the molecule is O=C(N[C@@H](CCc1ccccc1)C(=O)Nc1ccccc1)OCc1ccccc1. The number of hydrogen-bond acceptors (Lipinski definition) is 3. The first-order valence-corrected chi connectivity index (χ1v) is 9.58. The van der Waals surface area contributed by atoms with Crippen molar-refractivity contribution < 1.29 is 14.3 Å². The molecule has 0 radical (unpaired) electrons. The van der Waals surface area contributed by atoms with Crippen LogP contribution < -0.4 is 10.6 Å². The highest BCUT2D eigenvalue weighted by atomic mass is 16.5. The summed E-state index contributed by atoms with van der Waals surface area (Å²) in [5, 5.41) is 5.55. The zero-order valence-corrected chi connectivity index (χ0v) is 16.1. The normalized spacial score (nSPS) is 11.3. The van der Waals surface area contributed by atoms with Gasteiger partial charge in [0.2, 0.25) is 5.91 Å². The van der Waals surface area contributed by atoms with Crippen molar-refractivity contribution in [1.29, 1.82) is 0 Å². The topological polar surface area (TPSA) is 67.4 Å². The molecule has 0 saturated carbocycles. The molecule has 3 rings (SSSR count). The van der Waals surface area contributed by atoms with Gasteiger partial charge >= 0.3 is 6.09 Å². The first-order valence-electron chi connectivity index (χ1n) is 9.58. The van der Waals surface area contributed by atoms with Gasteiger partial charge in [0.25, 0.3) is 0 Å². The third kappa shape index (κ3) is 6.81. The summed E-state index contributed by atoms with van der Waals surface area (Å²) in [5.74, 6) is -0.274. The number of anilines is 1. The molecule has 0 fully saturated rings. The molecule has 5 nitrogen and oxygen atoms in total. The van der Waals surface area contributed by atoms with E-state index in [-0.39, 0.29) is 12.5 Å². The van der Waals surface area contributed by atoms with Crippen LogP contribution in [-0.2, 0) is 22.6 Å². The number of alkyl carbamates (subject to hydrolysis) is 1. The number of carbonyl (C=O) groups is 2. The van der Waals surface area contributed by atoms with Crippen LogP contribution in [-0.4, -0.2) is 18.0 Å². The molecule has 29 heavy (non-hydrogen) atoms. The van der Waals surface area contributed by atoms with Crippen molar-refractivity contribution in [2.75, 3.05) is 5.32 Å². The van der Waals surface area contributed by atoms with Gasteiger partial charge in [-0.3, -0.25) is 4.79 Å². The summed E-state index contributed by atoms with van der Waals surface area (Å²) >= 11 is 0. The number of amides is 2. The van der Waals surface area contributed by atoms with Gasteiger partial charge < -0.3 is 15.4 Å². The van der Waals surface area contributed by atoms with Crippen LogP contribution in [0.5, 0.6) is 0 Å². The maximum Gasteiger partial charge on any atom is 0.408 e. The van der Waals surface area contributed by atoms with Crippen LogP contribution in [0.3, 0.4) is 0 Å². The lowest BCUT2D eigenvalue weighted by atomic mass is 10.0. The van der Waals surface area contributed by atoms with Crippen molar-refractivity contribution >= 4 is 17.7 Å². The first-order chi connectivity index (χ1) is 14.2. The molecule has 0 heterocycles. The minimum absolute atomic E-state index is 0.151. The van der Waals surface area contributed by atoms with Crippen molar-refractivity contribution in [2.24, 2.45) is 0 Å². The van der Waals surface area contributed by atoms with Gasteiger partial charge in [0.05, 0.1) is 0 Å². The standard InChI is InChI=1S/C24H24N2O3/c27-23(25-21-14-8-3-9-15-21)22(17-16-19-10-4-1-5-11-19)26-24(28)29-18-20-12-6-2-7-13-20/h1-15,22H,16-18H2,(H,25,27)(H,26,28)/t22-/m0/s1. The third-order valence-electron chi connectivity index (χ3n) is 4.43. The van der Waals surface area contributed by atoms with E-state index in [1.807, 2.05) is 78.9 Å². The molecular formula is C24H24N2O3. The fraction of sp³-hybridized carbons (Fsp3) is 0.167. The van der Waals surface area contributed by atoms with Crippen LogP contribution in [0.1, 0.15) is 17.5 Å². The molecule has 5 heteroatoms. The lowest BCUT2D eigenvalue weighted by Gasteiger charge is -2.18. The smallest absolute Gasteiger partial charge is 0.408 e. The molecule has 0 aliphatic rings. The first kappa shape index (κ1) is 20.1. The maximum absolute atomic E-state index is 12.8. The third-order valence-corrected chi connectivity index (χ3v) is 4.43. The van der Waals surface area contributed by atoms with Crippen molar-refractivity contribution in [3.05, 3.63) is 102 Å². The zero-order valence-electron chi connectivity index (χ0n) is 16.1. The number of carbonyl (C=O) groups excluding carboxylic acids is 2. The molecule has 0 unspecified atom stereocenters. The number of aryl methyl sites for hydroxylation is 1. The Morgan fingerprint density at radius 2 is 1.31 bits per heavy atom. The highest BCUT2D eigenvalue weighted by Gasteiger charge is 2.21. The van der Waals surface area contributed by atoms with Crippen LogP contribution >= 0.6 is 0 Å². The van der Waals surface area contributed by atoms with Crippen LogP contribution in [0, 0.1) is 0 Å². The molecule has 0 saturated heterocycles. The Hall–Kier alpha value is -3.60. The van der Waals surface area contributed by atoms with Crippen LogP contribution in [0.15, 0.2) is 91.0 Å². The molecule has 148 valence electrons. The Kier molecular flexibility index (Phi) is 7.41. The maximum atomic E-state index is 12.8. The molecule has 0 aliphatic heterocycles. The number of nitrogens with one attached hydrogen (secondary N) is 2. The lowest BCUT2D eigenvalue weighted by molar-refractivity contribution is -0.118. The fourth-order valence-electron chi connectivity index (χ4n) is 2.88. The summed E-state index contributed by atoms with van der Waals surface area (Å²) in [5.41, 5.74) is 2.67. The lowest BCUT2D eigenvalue weighted by Crippen LogP contribution is -2.44. The largest absolute Gasteiger partial charge is 0.445 e. The second-order valence-electron chi connectivity index (χ2n) is 6.64. The predicted molar refractivity (Wildman–Crippen MR) is 113 cm³/mol. The highest BCUT2D eigenvalue weighted by molar-refractivity contribution is 5.96. The van der Waals surface area contributed by atoms with Crippen molar-refractivity contribution in [2.45, 2.75) is 25.5 Å². The quantitative estimate of drug-likeness (QED) is 0.595. The van der Waals surface area contributed by atoms with Gasteiger partial charge in [-0.15, -0.1) is 0 Å². The van der Waals surface area contributed by atoms with Gasteiger partial charge in [-0.1, -0.05) is 78.9 Å². The Morgan fingerprint density at radius 3 is 1.93 bits per heavy atom. The Bertz CT molecular complexity index is 899. The van der Waals surface area contributed by atoms with E-state index in [0.29, 0.717) is 18.5 Å². The van der Waals surface area contributed by atoms with Crippen LogP contribution in [0.2, 0.25) is 0 Å². The van der Waals surface area contributed by atoms with E-state index in [1.54, 1.807) is 12.1 Å². The molecule has 0 aromatic heterocycles. The molecule has 0 aliphatic carbocycles. The van der Waals surface area contributed by atoms with Gasteiger partial charge in [0, 0.05) is 5.69 Å². The van der Waals surface area contributed by atoms with E-state index in [0.717, 1.165) is 11.1 Å². The van der Waals surface area contributed by atoms with Crippen LogP contribution in [0.25, 0.3) is 0 Å². The Labute approximate surface area is 170 Å². The van der Waals surface area contributed by atoms with Crippen molar-refractivity contribution in [1.82, 2.24) is 5.32 Å². The molecule has 3 aromatic rings. The van der Waals surface area contributed by atoms with Gasteiger partial charge in [-0.25, -0.2) is 4.79 Å². The van der Waals surface area contributed by atoms with E-state index in [2.05, 4.69) is 10.6 Å². The molecule has 3 aromatic carbocycles. The van der Waals surface area contributed by atoms with E-state index < -0.39 is 12.1 Å². The summed E-state index contributed by atoms with van der Waals surface area (Å²) < 4.78 is 5.28. The number of ether oxygens (including phenoxy) is 1. The molecule has 2 amide bonds. The minimum atomic E-state index is -0.710. The average molecular weight is 388 g/mol. The van der Waals surface area contributed by atoms with E-state index in [4.69, 9.17) is 4.74 Å². The molecule has 2 N–H and O–H groups in total. The van der Waals surface area contributed by atoms with E-state index in [9.17, 15) is 9.59 Å². The molecule has 1 atom stereocenters. The van der Waals surface area contributed by atoms with E-state index in [1.165, 1.54) is 0 Å². The van der Waals surface area contributed by atoms with Crippen LogP contribution in [0.4, 0.5) is 10.5 Å². The monoisotopic (exact) mass is 388 g/mol. The second kappa shape index (κ2) is 10.7. The molecule has 0 bridgehead atoms. The summed E-state index contributed by atoms with van der Waals surface area (Å²) in [4.78, 5) is 25.0. The van der Waals surface area contributed by atoms with Gasteiger partial charge in [-0.2, -0.15) is 0 Å². The van der Waals surface area contributed by atoms with E-state index >= 15 is 0 Å². The summed E-state index contributed by atoms with van der Waals surface area (Å²) in [6.07, 6.45) is 0.505. The number of para-hydroxylation sites is 1. The highest BCUT2D eigenvalue weighted by Crippen LogP contribution is 2.10. The summed E-state index contributed by atoms with van der Waals surface area (Å²) in [6.45, 7) is 0.151. The molecule has 0 spiro atoms. The summed E-state index contributed by atoms with van der Waals surface area (Å²) in [7, 11) is 0. The fourth-order valence-corrected chi connectivity index (χ4v) is 2.88. The van der Waals surface area contributed by atoms with Crippen molar-refractivity contribution in [3.63, 3.8) is 0 Å². The zero-order chi connectivity index (χ0) is 20.3. The van der Waals surface area contributed by atoms with Crippen molar-refractivity contribution in [3.8, 4) is 0 Å². The van der Waals surface area contributed by atoms with Gasteiger partial charge in [0.1, 0.15) is 12.6 Å². The minimum Gasteiger partial charge on any atom is -0.445 e. The average Bonchev–Trinajstić information content (AvgIpc) is 2.77.